The topological polar surface area (TPSA) is 80.3 Å². The lowest BCUT2D eigenvalue weighted by atomic mass is 9.95. The standard InChI is InChI=1S/C17H26ClNO2.C15H20Cl2N2O3/c1-4-7-11-21-13-19(16(20)12-18)17-14(5-2)9-8-10-15(17)6-3;1-8(2)21-12-7-11(9(16)6-10(12)17)19-14(20)22-13(18-19)15(3,4)5/h8-10H,4-7,11-13H2,1-3H3;6-8,13,18H,1-5H3. The summed E-state index contributed by atoms with van der Waals surface area (Å²) in [6, 6.07) is 9.35. The van der Waals surface area contributed by atoms with Gasteiger partial charge in [-0.05, 0) is 50.3 Å². The number of hydrogen-bond donors (Lipinski definition) is 1. The van der Waals surface area contributed by atoms with Crippen molar-refractivity contribution in [1.82, 2.24) is 5.43 Å². The van der Waals surface area contributed by atoms with Gasteiger partial charge in [-0.15, -0.1) is 11.6 Å². The number of nitrogens with zero attached hydrogens (tertiary/aromatic N) is 2. The predicted molar refractivity (Wildman–Crippen MR) is 177 cm³/mol. The SMILES string of the molecule is CC(C)Oc1cc(N2NC(C(C)(C)C)OC2=O)c(Cl)cc1Cl.CCCCOCN(C(=O)CCl)c1c(CC)cccc1CC. The molecule has 0 radical (unpaired) electrons. The number of ether oxygens (including phenoxy) is 3. The number of halogens is 3. The first-order chi connectivity index (χ1) is 20.3. The van der Waals surface area contributed by atoms with Gasteiger partial charge < -0.3 is 14.2 Å². The van der Waals surface area contributed by atoms with Crippen LogP contribution in [-0.4, -0.2) is 43.5 Å². The Morgan fingerprint density at radius 3 is 2.21 bits per heavy atom. The summed E-state index contributed by atoms with van der Waals surface area (Å²) in [5.74, 6) is 0.326. The van der Waals surface area contributed by atoms with Gasteiger partial charge in [-0.1, -0.05) is 89.4 Å². The fourth-order valence-corrected chi connectivity index (χ4v) is 4.88. The number of amides is 2. The molecule has 2 amide bonds. The van der Waals surface area contributed by atoms with Crippen molar-refractivity contribution >= 4 is 58.2 Å². The van der Waals surface area contributed by atoms with Crippen molar-refractivity contribution in [2.75, 3.05) is 29.1 Å². The van der Waals surface area contributed by atoms with E-state index in [1.807, 2.05) is 40.7 Å². The molecule has 3 rings (SSSR count). The van der Waals surface area contributed by atoms with E-state index >= 15 is 0 Å². The second-order valence-electron chi connectivity index (χ2n) is 11.5. The molecular weight excluding hydrogens is 613 g/mol. The van der Waals surface area contributed by atoms with Gasteiger partial charge in [0, 0.05) is 18.1 Å². The molecule has 0 aliphatic carbocycles. The molecule has 2 aromatic rings. The molecule has 2 aromatic carbocycles. The maximum atomic E-state index is 12.2. The van der Waals surface area contributed by atoms with Crippen molar-refractivity contribution < 1.29 is 23.8 Å². The molecule has 240 valence electrons. The lowest BCUT2D eigenvalue weighted by Crippen LogP contribution is -2.43. The van der Waals surface area contributed by atoms with Gasteiger partial charge in [0.1, 0.15) is 18.4 Å². The van der Waals surface area contributed by atoms with Gasteiger partial charge in [0.25, 0.3) is 0 Å². The zero-order valence-corrected chi connectivity index (χ0v) is 28.8. The fraction of sp³-hybridized carbons (Fsp3) is 0.562. The third kappa shape index (κ3) is 10.4. The summed E-state index contributed by atoms with van der Waals surface area (Å²) in [5.41, 5.74) is 6.50. The van der Waals surface area contributed by atoms with Gasteiger partial charge in [0.15, 0.2) is 6.23 Å². The number of para-hydroxylation sites is 1. The predicted octanol–water partition coefficient (Wildman–Crippen LogP) is 8.77. The summed E-state index contributed by atoms with van der Waals surface area (Å²) < 4.78 is 16.6. The normalized spacial score (nSPS) is 14.8. The maximum absolute atomic E-state index is 12.2. The molecule has 0 spiro atoms. The Bertz CT molecular complexity index is 1200. The van der Waals surface area contributed by atoms with Crippen LogP contribution in [0.2, 0.25) is 10.0 Å². The number of hydrazine groups is 1. The van der Waals surface area contributed by atoms with Gasteiger partial charge in [0.2, 0.25) is 5.91 Å². The summed E-state index contributed by atoms with van der Waals surface area (Å²) in [5, 5.41) is 2.00. The summed E-state index contributed by atoms with van der Waals surface area (Å²) in [7, 11) is 0. The van der Waals surface area contributed by atoms with Crippen LogP contribution in [0, 0.1) is 5.41 Å². The number of aryl methyl sites for hydroxylation is 2. The highest BCUT2D eigenvalue weighted by Gasteiger charge is 2.40. The van der Waals surface area contributed by atoms with Crippen LogP contribution in [0.15, 0.2) is 30.3 Å². The molecule has 1 heterocycles. The number of carbonyl (C=O) groups excluding carboxylic acids is 2. The quantitative estimate of drug-likeness (QED) is 0.140. The summed E-state index contributed by atoms with van der Waals surface area (Å²) >= 11 is 18.1. The Hall–Kier alpha value is -2.23. The first-order valence-electron chi connectivity index (χ1n) is 14.8. The first-order valence-corrected chi connectivity index (χ1v) is 16.0. The Balaban J connectivity index is 0.000000301. The van der Waals surface area contributed by atoms with Crippen molar-refractivity contribution in [3.63, 3.8) is 0 Å². The van der Waals surface area contributed by atoms with Gasteiger partial charge in [-0.3, -0.25) is 9.69 Å². The van der Waals surface area contributed by atoms with Crippen molar-refractivity contribution in [3.05, 3.63) is 51.5 Å². The third-order valence-corrected chi connectivity index (χ3v) is 7.38. The molecule has 1 unspecified atom stereocenters. The molecule has 1 atom stereocenters. The number of rotatable bonds is 12. The molecule has 1 N–H and O–H groups in total. The first kappa shape index (κ1) is 37.0. The van der Waals surface area contributed by atoms with Crippen LogP contribution in [0.1, 0.15) is 79.4 Å². The minimum absolute atomic E-state index is 0.0294. The summed E-state index contributed by atoms with van der Waals surface area (Å²) in [6.07, 6.45) is 2.83. The zero-order valence-electron chi connectivity index (χ0n) is 26.6. The van der Waals surface area contributed by atoms with Crippen LogP contribution in [0.3, 0.4) is 0 Å². The second kappa shape index (κ2) is 17.3. The molecule has 1 fully saturated rings. The van der Waals surface area contributed by atoms with Gasteiger partial charge in [-0.25, -0.2) is 9.80 Å². The van der Waals surface area contributed by atoms with E-state index in [0.717, 1.165) is 42.5 Å². The Morgan fingerprint density at radius 1 is 1.09 bits per heavy atom. The summed E-state index contributed by atoms with van der Waals surface area (Å²) in [6.45, 7) is 16.9. The average Bonchev–Trinajstić information content (AvgIpc) is 3.36. The average molecular weight is 659 g/mol. The fourth-order valence-electron chi connectivity index (χ4n) is 4.22. The zero-order chi connectivity index (χ0) is 32.3. The van der Waals surface area contributed by atoms with E-state index in [-0.39, 0.29) is 30.0 Å². The second-order valence-corrected chi connectivity index (χ2v) is 12.6. The van der Waals surface area contributed by atoms with E-state index in [9.17, 15) is 9.59 Å². The number of nitrogens with one attached hydrogen (secondary N) is 1. The van der Waals surface area contributed by atoms with E-state index in [1.54, 1.807) is 17.0 Å². The maximum Gasteiger partial charge on any atom is 0.430 e. The van der Waals surface area contributed by atoms with E-state index in [4.69, 9.17) is 49.0 Å². The van der Waals surface area contributed by atoms with Crippen LogP contribution in [0.4, 0.5) is 16.2 Å². The van der Waals surface area contributed by atoms with Gasteiger partial charge in [-0.2, -0.15) is 5.43 Å². The minimum atomic E-state index is -0.514. The third-order valence-electron chi connectivity index (χ3n) is 6.55. The van der Waals surface area contributed by atoms with Crippen LogP contribution in [0.5, 0.6) is 5.75 Å². The van der Waals surface area contributed by atoms with Crippen molar-refractivity contribution in [1.29, 1.82) is 0 Å². The monoisotopic (exact) mass is 657 g/mol. The number of hydrogen-bond acceptors (Lipinski definition) is 6. The van der Waals surface area contributed by atoms with E-state index in [1.165, 1.54) is 5.01 Å². The minimum Gasteiger partial charge on any atom is -0.489 e. The van der Waals surface area contributed by atoms with Crippen LogP contribution >= 0.6 is 34.8 Å². The van der Waals surface area contributed by atoms with Crippen LogP contribution < -0.4 is 20.1 Å². The van der Waals surface area contributed by atoms with Crippen LogP contribution in [0.25, 0.3) is 0 Å². The Labute approximate surface area is 271 Å². The molecule has 1 aliphatic heterocycles. The smallest absolute Gasteiger partial charge is 0.430 e. The Kier molecular flexibility index (Phi) is 14.9. The van der Waals surface area contributed by atoms with E-state index in [0.29, 0.717) is 28.1 Å². The molecule has 0 saturated carbocycles. The number of benzene rings is 2. The number of cyclic esters (lactones) is 1. The summed E-state index contributed by atoms with van der Waals surface area (Å²) in [4.78, 5) is 26.0. The highest BCUT2D eigenvalue weighted by atomic mass is 35.5. The molecule has 1 saturated heterocycles. The number of anilines is 2. The van der Waals surface area contributed by atoms with Crippen LogP contribution in [-0.2, 0) is 27.1 Å². The lowest BCUT2D eigenvalue weighted by Gasteiger charge is -2.26. The molecule has 8 nitrogen and oxygen atoms in total. The molecular formula is C32H46Cl3N3O5. The van der Waals surface area contributed by atoms with E-state index < -0.39 is 12.3 Å². The molecule has 0 bridgehead atoms. The molecule has 1 aliphatic rings. The number of carbonyl (C=O) groups is 2. The lowest BCUT2D eigenvalue weighted by molar-refractivity contribution is -0.117. The van der Waals surface area contributed by atoms with Gasteiger partial charge >= 0.3 is 6.09 Å². The molecule has 43 heavy (non-hydrogen) atoms. The highest BCUT2D eigenvalue weighted by Crippen LogP contribution is 2.38. The Morgan fingerprint density at radius 2 is 1.72 bits per heavy atom. The molecule has 11 heteroatoms. The van der Waals surface area contributed by atoms with Crippen molar-refractivity contribution in [3.8, 4) is 5.75 Å². The highest BCUT2D eigenvalue weighted by molar-refractivity contribution is 6.37. The largest absolute Gasteiger partial charge is 0.489 e. The number of alkyl halides is 1. The number of unbranched alkanes of at least 4 members (excludes halogenated alkanes) is 1. The molecule has 0 aromatic heterocycles. The van der Waals surface area contributed by atoms with Crippen molar-refractivity contribution in [2.45, 2.75) is 93.4 Å². The van der Waals surface area contributed by atoms with Crippen molar-refractivity contribution in [2.24, 2.45) is 5.41 Å². The van der Waals surface area contributed by atoms with Gasteiger partial charge in [0.05, 0.1) is 27.5 Å². The van der Waals surface area contributed by atoms with E-state index in [2.05, 4.69) is 38.3 Å².